The summed E-state index contributed by atoms with van der Waals surface area (Å²) >= 11 is 5.75. The van der Waals surface area contributed by atoms with Gasteiger partial charge in [-0.25, -0.2) is 18.7 Å². The number of esters is 1. The van der Waals surface area contributed by atoms with E-state index in [0.29, 0.717) is 22.6 Å². The number of carbonyl (C=O) groups excluding carboxylic acids is 1. The zero-order valence-electron chi connectivity index (χ0n) is 11.4. The van der Waals surface area contributed by atoms with E-state index in [1.807, 2.05) is 0 Å². The summed E-state index contributed by atoms with van der Waals surface area (Å²) in [7, 11) is 1.30. The smallest absolute Gasteiger partial charge is 0.339 e. The summed E-state index contributed by atoms with van der Waals surface area (Å²) in [5.41, 5.74) is 1.49. The fourth-order valence-electron chi connectivity index (χ4n) is 1.97. The first-order valence-corrected chi connectivity index (χ1v) is 6.60. The fourth-order valence-corrected chi connectivity index (χ4v) is 2.15. The van der Waals surface area contributed by atoms with E-state index in [-0.39, 0.29) is 5.02 Å². The fraction of sp³-hybridized carbons (Fsp3) is 0.0714. The van der Waals surface area contributed by atoms with Crippen LogP contribution in [0.15, 0.2) is 36.8 Å². The van der Waals surface area contributed by atoms with E-state index in [1.165, 1.54) is 42.3 Å². The summed E-state index contributed by atoms with van der Waals surface area (Å²) in [6, 6.07) is 5.82. The van der Waals surface area contributed by atoms with Crippen molar-refractivity contribution in [3.8, 4) is 0 Å². The monoisotopic (exact) mass is 320 g/mol. The van der Waals surface area contributed by atoms with Crippen LogP contribution in [-0.4, -0.2) is 27.7 Å². The second-order valence-corrected chi connectivity index (χ2v) is 4.82. The SMILES string of the molecule is COC(=O)c1cc2c(Nc3ccc(F)c(Cl)c3)ncnn2c1. The van der Waals surface area contributed by atoms with Crippen molar-refractivity contribution in [2.24, 2.45) is 0 Å². The van der Waals surface area contributed by atoms with Crippen molar-refractivity contribution in [1.29, 1.82) is 0 Å². The summed E-state index contributed by atoms with van der Waals surface area (Å²) in [4.78, 5) is 15.7. The number of benzene rings is 1. The number of anilines is 2. The highest BCUT2D eigenvalue weighted by Crippen LogP contribution is 2.24. The number of nitrogens with one attached hydrogen (secondary N) is 1. The van der Waals surface area contributed by atoms with Crippen LogP contribution in [0.25, 0.3) is 5.52 Å². The van der Waals surface area contributed by atoms with Crippen LogP contribution < -0.4 is 5.32 Å². The van der Waals surface area contributed by atoms with Crippen LogP contribution in [0.2, 0.25) is 5.02 Å². The molecule has 0 bridgehead atoms. The van der Waals surface area contributed by atoms with Gasteiger partial charge in [0.25, 0.3) is 0 Å². The van der Waals surface area contributed by atoms with Crippen molar-refractivity contribution in [1.82, 2.24) is 14.6 Å². The van der Waals surface area contributed by atoms with Gasteiger partial charge in [0.15, 0.2) is 5.82 Å². The van der Waals surface area contributed by atoms with Crippen LogP contribution in [0.5, 0.6) is 0 Å². The quantitative estimate of drug-likeness (QED) is 0.751. The molecule has 6 nitrogen and oxygen atoms in total. The number of rotatable bonds is 3. The Hall–Kier alpha value is -2.67. The molecule has 0 aliphatic heterocycles. The maximum absolute atomic E-state index is 13.2. The second-order valence-electron chi connectivity index (χ2n) is 4.41. The van der Waals surface area contributed by atoms with Crippen molar-refractivity contribution < 1.29 is 13.9 Å². The van der Waals surface area contributed by atoms with Crippen molar-refractivity contribution in [3.63, 3.8) is 0 Å². The van der Waals surface area contributed by atoms with E-state index in [4.69, 9.17) is 11.6 Å². The number of ether oxygens (including phenoxy) is 1. The minimum absolute atomic E-state index is 0.000656. The molecule has 3 aromatic rings. The lowest BCUT2D eigenvalue weighted by molar-refractivity contribution is 0.0601. The highest BCUT2D eigenvalue weighted by molar-refractivity contribution is 6.31. The minimum Gasteiger partial charge on any atom is -0.465 e. The molecule has 0 atom stereocenters. The Bertz CT molecular complexity index is 865. The molecule has 1 N–H and O–H groups in total. The lowest BCUT2D eigenvalue weighted by Crippen LogP contribution is -1.99. The number of halogens is 2. The van der Waals surface area contributed by atoms with Gasteiger partial charge in [0, 0.05) is 11.9 Å². The predicted molar refractivity (Wildman–Crippen MR) is 79.0 cm³/mol. The molecule has 1 aromatic carbocycles. The second kappa shape index (κ2) is 5.61. The molecule has 2 aromatic heterocycles. The first-order chi connectivity index (χ1) is 10.6. The molecule has 3 rings (SSSR count). The lowest BCUT2D eigenvalue weighted by Gasteiger charge is -2.07. The molecule has 0 saturated heterocycles. The zero-order valence-corrected chi connectivity index (χ0v) is 12.1. The summed E-state index contributed by atoms with van der Waals surface area (Å²) in [6.07, 6.45) is 2.87. The van der Waals surface area contributed by atoms with E-state index in [2.05, 4.69) is 20.1 Å². The number of fused-ring (bicyclic) bond motifs is 1. The first-order valence-electron chi connectivity index (χ1n) is 6.22. The highest BCUT2D eigenvalue weighted by atomic mass is 35.5. The third-order valence-corrected chi connectivity index (χ3v) is 3.30. The number of aromatic nitrogens is 3. The van der Waals surface area contributed by atoms with Crippen LogP contribution in [0.3, 0.4) is 0 Å². The Morgan fingerprint density at radius 1 is 1.41 bits per heavy atom. The van der Waals surface area contributed by atoms with Gasteiger partial charge in [-0.3, -0.25) is 0 Å². The molecule has 0 unspecified atom stereocenters. The molecule has 0 fully saturated rings. The van der Waals surface area contributed by atoms with Crippen molar-refractivity contribution >= 4 is 34.6 Å². The molecule has 112 valence electrons. The number of carbonyl (C=O) groups is 1. The van der Waals surface area contributed by atoms with Gasteiger partial charge < -0.3 is 10.1 Å². The van der Waals surface area contributed by atoms with E-state index in [0.717, 1.165) is 0 Å². The molecular weight excluding hydrogens is 311 g/mol. The van der Waals surface area contributed by atoms with Gasteiger partial charge in [0.05, 0.1) is 17.7 Å². The molecule has 0 aliphatic carbocycles. The number of methoxy groups -OCH3 is 1. The summed E-state index contributed by atoms with van der Waals surface area (Å²) in [6.45, 7) is 0. The standard InChI is InChI=1S/C14H10ClFN4O2/c1-22-14(21)8-4-12-13(17-7-18-20(12)6-8)19-9-2-3-11(16)10(15)5-9/h2-7H,1H3,(H,17,18,19). The minimum atomic E-state index is -0.504. The average Bonchev–Trinajstić information content (AvgIpc) is 2.95. The van der Waals surface area contributed by atoms with Crippen LogP contribution >= 0.6 is 11.6 Å². The van der Waals surface area contributed by atoms with Gasteiger partial charge in [-0.2, -0.15) is 5.10 Å². The Kier molecular flexibility index (Phi) is 3.64. The molecule has 0 amide bonds. The van der Waals surface area contributed by atoms with Gasteiger partial charge in [-0.05, 0) is 24.3 Å². The number of nitrogens with zero attached hydrogens (tertiary/aromatic N) is 3. The predicted octanol–water partition coefficient (Wildman–Crippen LogP) is 3.05. The van der Waals surface area contributed by atoms with Crippen molar-refractivity contribution in [2.75, 3.05) is 12.4 Å². The van der Waals surface area contributed by atoms with E-state index < -0.39 is 11.8 Å². The highest BCUT2D eigenvalue weighted by Gasteiger charge is 2.13. The van der Waals surface area contributed by atoms with E-state index in [9.17, 15) is 9.18 Å². The van der Waals surface area contributed by atoms with E-state index in [1.54, 1.807) is 6.07 Å². The summed E-state index contributed by atoms with van der Waals surface area (Å²) in [5.74, 6) is -0.523. The molecule has 0 spiro atoms. The zero-order chi connectivity index (χ0) is 15.7. The number of hydrogen-bond donors (Lipinski definition) is 1. The van der Waals surface area contributed by atoms with Crippen molar-refractivity contribution in [2.45, 2.75) is 0 Å². The number of hydrogen-bond acceptors (Lipinski definition) is 5. The molecule has 0 saturated carbocycles. The van der Waals surface area contributed by atoms with Crippen LogP contribution in [0.4, 0.5) is 15.9 Å². The van der Waals surface area contributed by atoms with Crippen LogP contribution in [0.1, 0.15) is 10.4 Å². The average molecular weight is 321 g/mol. The molecule has 22 heavy (non-hydrogen) atoms. The van der Waals surface area contributed by atoms with Crippen LogP contribution in [-0.2, 0) is 4.74 Å². The van der Waals surface area contributed by atoms with Crippen molar-refractivity contribution in [3.05, 3.63) is 53.2 Å². The third-order valence-electron chi connectivity index (χ3n) is 3.01. The Morgan fingerprint density at radius 3 is 2.95 bits per heavy atom. The molecular formula is C14H10ClFN4O2. The maximum Gasteiger partial charge on any atom is 0.339 e. The maximum atomic E-state index is 13.2. The summed E-state index contributed by atoms with van der Waals surface area (Å²) in [5, 5.41) is 7.03. The molecule has 0 radical (unpaired) electrons. The van der Waals surface area contributed by atoms with Gasteiger partial charge in [-0.1, -0.05) is 11.6 Å². The largest absolute Gasteiger partial charge is 0.465 e. The Morgan fingerprint density at radius 2 is 2.23 bits per heavy atom. The molecule has 2 heterocycles. The Balaban J connectivity index is 2.01. The summed E-state index contributed by atoms with van der Waals surface area (Å²) < 4.78 is 19.3. The topological polar surface area (TPSA) is 68.5 Å². The molecule has 8 heteroatoms. The van der Waals surface area contributed by atoms with E-state index >= 15 is 0 Å². The van der Waals surface area contributed by atoms with Gasteiger partial charge in [0.1, 0.15) is 17.7 Å². The third kappa shape index (κ3) is 2.58. The normalized spacial score (nSPS) is 10.7. The Labute approximate surface area is 129 Å². The van der Waals surface area contributed by atoms with Gasteiger partial charge >= 0.3 is 5.97 Å². The van der Waals surface area contributed by atoms with Crippen LogP contribution in [0, 0.1) is 5.82 Å². The lowest BCUT2D eigenvalue weighted by atomic mass is 10.3. The van der Waals surface area contributed by atoms with Gasteiger partial charge in [0.2, 0.25) is 0 Å². The van der Waals surface area contributed by atoms with Gasteiger partial charge in [-0.15, -0.1) is 0 Å². The molecule has 0 aliphatic rings. The first kappa shape index (κ1) is 14.3.